The van der Waals surface area contributed by atoms with Crippen LogP contribution in [0.4, 0.5) is 6.01 Å². The van der Waals surface area contributed by atoms with Crippen LogP contribution >= 0.6 is 0 Å². The Labute approximate surface area is 101 Å². The molecular weight excluding hydrogens is 220 g/mol. The zero-order valence-electron chi connectivity index (χ0n) is 10.3. The normalized spacial score (nSPS) is 16.4. The van der Waals surface area contributed by atoms with Crippen molar-refractivity contribution in [3.63, 3.8) is 0 Å². The molecule has 2 heterocycles. The van der Waals surface area contributed by atoms with Gasteiger partial charge in [-0.15, -0.1) is 5.10 Å². The predicted octanol–water partition coefficient (Wildman–Crippen LogP) is 0.796. The summed E-state index contributed by atoms with van der Waals surface area (Å²) in [5.41, 5.74) is 0. The van der Waals surface area contributed by atoms with Crippen molar-refractivity contribution >= 4 is 6.01 Å². The Balaban J connectivity index is 1.78. The molecule has 0 amide bonds. The van der Waals surface area contributed by atoms with Crippen molar-refractivity contribution in [2.45, 2.75) is 25.8 Å². The predicted molar refractivity (Wildman–Crippen MR) is 63.9 cm³/mol. The summed E-state index contributed by atoms with van der Waals surface area (Å²) < 4.78 is 10.5. The third-order valence-corrected chi connectivity index (χ3v) is 2.84. The molecule has 1 fully saturated rings. The van der Waals surface area contributed by atoms with Crippen molar-refractivity contribution in [3.8, 4) is 0 Å². The SMILES string of the molecule is COCCNCc1nnc(N2CCCCC2)o1. The summed E-state index contributed by atoms with van der Waals surface area (Å²) in [6.07, 6.45) is 3.73. The molecule has 0 spiro atoms. The number of nitrogens with one attached hydrogen (secondary N) is 1. The molecule has 0 unspecified atom stereocenters. The summed E-state index contributed by atoms with van der Waals surface area (Å²) in [7, 11) is 1.68. The summed E-state index contributed by atoms with van der Waals surface area (Å²) in [6.45, 7) is 4.13. The topological polar surface area (TPSA) is 63.4 Å². The van der Waals surface area contributed by atoms with Gasteiger partial charge < -0.3 is 19.4 Å². The maximum absolute atomic E-state index is 5.60. The standard InChI is InChI=1S/C11H20N4O2/c1-16-8-5-12-9-10-13-14-11(17-10)15-6-3-2-4-7-15/h12H,2-9H2,1H3. The van der Waals surface area contributed by atoms with Gasteiger partial charge >= 0.3 is 6.01 Å². The number of anilines is 1. The number of piperidine rings is 1. The van der Waals surface area contributed by atoms with Crippen LogP contribution in [0.3, 0.4) is 0 Å². The fourth-order valence-electron chi connectivity index (χ4n) is 1.90. The molecule has 17 heavy (non-hydrogen) atoms. The van der Waals surface area contributed by atoms with Crippen LogP contribution in [0.1, 0.15) is 25.2 Å². The second kappa shape index (κ2) is 6.56. The summed E-state index contributed by atoms with van der Waals surface area (Å²) >= 11 is 0. The van der Waals surface area contributed by atoms with Crippen LogP contribution < -0.4 is 10.2 Å². The Kier molecular flexibility index (Phi) is 4.75. The second-order valence-electron chi connectivity index (χ2n) is 4.20. The lowest BCUT2D eigenvalue weighted by atomic mass is 10.1. The van der Waals surface area contributed by atoms with Crippen LogP contribution in [0.25, 0.3) is 0 Å². The number of hydrogen-bond acceptors (Lipinski definition) is 6. The summed E-state index contributed by atoms with van der Waals surface area (Å²) in [4.78, 5) is 2.16. The Morgan fingerprint density at radius 1 is 1.29 bits per heavy atom. The summed E-state index contributed by atoms with van der Waals surface area (Å²) in [5.74, 6) is 0.640. The molecular formula is C11H20N4O2. The molecule has 1 aliphatic rings. The third-order valence-electron chi connectivity index (χ3n) is 2.84. The van der Waals surface area contributed by atoms with E-state index >= 15 is 0 Å². The lowest BCUT2D eigenvalue weighted by Crippen LogP contribution is -2.29. The van der Waals surface area contributed by atoms with Gasteiger partial charge in [0.05, 0.1) is 13.2 Å². The fraction of sp³-hybridized carbons (Fsp3) is 0.818. The van der Waals surface area contributed by atoms with Gasteiger partial charge in [-0.2, -0.15) is 0 Å². The Morgan fingerprint density at radius 2 is 2.12 bits per heavy atom. The van der Waals surface area contributed by atoms with Crippen LogP contribution in [-0.4, -0.2) is 43.5 Å². The number of ether oxygens (including phenoxy) is 1. The van der Waals surface area contributed by atoms with Gasteiger partial charge in [0.1, 0.15) is 0 Å². The highest BCUT2D eigenvalue weighted by molar-refractivity contribution is 5.24. The van der Waals surface area contributed by atoms with E-state index in [1.54, 1.807) is 7.11 Å². The maximum Gasteiger partial charge on any atom is 0.318 e. The molecule has 6 heteroatoms. The molecule has 1 aromatic rings. The van der Waals surface area contributed by atoms with E-state index in [0.717, 1.165) is 19.6 Å². The highest BCUT2D eigenvalue weighted by Crippen LogP contribution is 2.17. The average molecular weight is 240 g/mol. The van der Waals surface area contributed by atoms with Crippen molar-refractivity contribution in [3.05, 3.63) is 5.89 Å². The van der Waals surface area contributed by atoms with E-state index in [-0.39, 0.29) is 0 Å². The molecule has 0 radical (unpaired) electrons. The van der Waals surface area contributed by atoms with Gasteiger partial charge in [-0.1, -0.05) is 5.10 Å². The molecule has 6 nitrogen and oxygen atoms in total. The van der Waals surface area contributed by atoms with Crippen LogP contribution in [-0.2, 0) is 11.3 Å². The monoisotopic (exact) mass is 240 g/mol. The van der Waals surface area contributed by atoms with E-state index in [2.05, 4.69) is 20.4 Å². The van der Waals surface area contributed by atoms with Gasteiger partial charge in [0.2, 0.25) is 5.89 Å². The lowest BCUT2D eigenvalue weighted by molar-refractivity contribution is 0.198. The first-order chi connectivity index (χ1) is 8.40. The molecule has 0 atom stereocenters. The zero-order valence-corrected chi connectivity index (χ0v) is 10.3. The van der Waals surface area contributed by atoms with E-state index in [1.165, 1.54) is 19.3 Å². The molecule has 1 N–H and O–H groups in total. The highest BCUT2D eigenvalue weighted by atomic mass is 16.5. The number of aromatic nitrogens is 2. The zero-order chi connectivity index (χ0) is 11.9. The van der Waals surface area contributed by atoms with E-state index in [4.69, 9.17) is 9.15 Å². The highest BCUT2D eigenvalue weighted by Gasteiger charge is 2.16. The third kappa shape index (κ3) is 3.67. The first kappa shape index (κ1) is 12.3. The fourth-order valence-corrected chi connectivity index (χ4v) is 1.90. The minimum absolute atomic E-state index is 0.601. The maximum atomic E-state index is 5.60. The quantitative estimate of drug-likeness (QED) is 0.742. The van der Waals surface area contributed by atoms with E-state index in [1.807, 2.05) is 0 Å². The molecule has 96 valence electrons. The van der Waals surface area contributed by atoms with Crippen LogP contribution in [0.5, 0.6) is 0 Å². The van der Waals surface area contributed by atoms with Crippen molar-refractivity contribution in [1.29, 1.82) is 0 Å². The number of methoxy groups -OCH3 is 1. The number of nitrogens with zero attached hydrogens (tertiary/aromatic N) is 3. The number of rotatable bonds is 6. The summed E-state index contributed by atoms with van der Waals surface area (Å²) in [5, 5.41) is 11.3. The molecule has 0 aliphatic carbocycles. The molecule has 1 aliphatic heterocycles. The molecule has 1 saturated heterocycles. The Bertz CT molecular complexity index is 323. The lowest BCUT2D eigenvalue weighted by Gasteiger charge is -2.24. The molecule has 1 aromatic heterocycles. The van der Waals surface area contributed by atoms with Crippen molar-refractivity contribution in [2.75, 3.05) is 38.3 Å². The second-order valence-corrected chi connectivity index (χ2v) is 4.20. The van der Waals surface area contributed by atoms with Crippen LogP contribution in [0, 0.1) is 0 Å². The molecule has 0 saturated carbocycles. The smallest absolute Gasteiger partial charge is 0.318 e. The van der Waals surface area contributed by atoms with Gasteiger partial charge in [-0.3, -0.25) is 0 Å². The van der Waals surface area contributed by atoms with Gasteiger partial charge in [0.25, 0.3) is 0 Å². The van der Waals surface area contributed by atoms with Gasteiger partial charge in [0.15, 0.2) is 0 Å². The molecule has 0 bridgehead atoms. The van der Waals surface area contributed by atoms with E-state index < -0.39 is 0 Å². The van der Waals surface area contributed by atoms with Crippen LogP contribution in [0.15, 0.2) is 4.42 Å². The minimum Gasteiger partial charge on any atom is -0.407 e. The van der Waals surface area contributed by atoms with Crippen molar-refractivity contribution in [2.24, 2.45) is 0 Å². The van der Waals surface area contributed by atoms with E-state index in [9.17, 15) is 0 Å². The van der Waals surface area contributed by atoms with E-state index in [0.29, 0.717) is 25.1 Å². The average Bonchev–Trinajstić information content (AvgIpc) is 2.85. The first-order valence-electron chi connectivity index (χ1n) is 6.17. The summed E-state index contributed by atoms with van der Waals surface area (Å²) in [6, 6.07) is 0.660. The van der Waals surface area contributed by atoms with Crippen molar-refractivity contribution in [1.82, 2.24) is 15.5 Å². The van der Waals surface area contributed by atoms with Gasteiger partial charge in [-0.25, -0.2) is 0 Å². The molecule has 0 aromatic carbocycles. The molecule has 2 rings (SSSR count). The minimum atomic E-state index is 0.601. The van der Waals surface area contributed by atoms with Crippen molar-refractivity contribution < 1.29 is 9.15 Å². The number of hydrogen-bond donors (Lipinski definition) is 1. The largest absolute Gasteiger partial charge is 0.407 e. The van der Waals surface area contributed by atoms with Crippen LogP contribution in [0.2, 0.25) is 0 Å². The first-order valence-corrected chi connectivity index (χ1v) is 6.17. The van der Waals surface area contributed by atoms with Gasteiger partial charge in [0, 0.05) is 26.7 Å². The Morgan fingerprint density at radius 3 is 2.88 bits per heavy atom. The van der Waals surface area contributed by atoms with Gasteiger partial charge in [-0.05, 0) is 19.3 Å². The Hall–Kier alpha value is -1.14.